The largest absolute Gasteiger partial charge is 0.316 e. The van der Waals surface area contributed by atoms with Crippen LogP contribution in [0.3, 0.4) is 0 Å². The highest BCUT2D eigenvalue weighted by molar-refractivity contribution is 5.27. The summed E-state index contributed by atoms with van der Waals surface area (Å²) >= 11 is 0. The zero-order valence-electron chi connectivity index (χ0n) is 12.9. The number of hydrogen-bond donors (Lipinski definition) is 1. The van der Waals surface area contributed by atoms with Gasteiger partial charge in [-0.1, -0.05) is 12.1 Å². The van der Waals surface area contributed by atoms with Crippen molar-refractivity contribution in [3.63, 3.8) is 0 Å². The van der Waals surface area contributed by atoms with Crippen LogP contribution in [0.2, 0.25) is 0 Å². The first-order valence-corrected chi connectivity index (χ1v) is 7.03. The van der Waals surface area contributed by atoms with E-state index in [1.165, 1.54) is 0 Å². The van der Waals surface area contributed by atoms with Crippen molar-refractivity contribution in [3.8, 4) is 0 Å². The Labute approximate surface area is 124 Å². The molecule has 1 atom stereocenters. The number of hydrogen-bond acceptors (Lipinski definition) is 2. The van der Waals surface area contributed by atoms with Gasteiger partial charge in [0.25, 0.3) is 0 Å². The van der Waals surface area contributed by atoms with E-state index in [1.807, 2.05) is 32.6 Å². The van der Waals surface area contributed by atoms with Crippen molar-refractivity contribution in [2.45, 2.75) is 32.7 Å². The van der Waals surface area contributed by atoms with Crippen LogP contribution in [0.15, 0.2) is 18.2 Å². The molecule has 3 nitrogen and oxygen atoms in total. The molecule has 0 aliphatic rings. The maximum Gasteiger partial charge on any atom is 0.162 e. The molecule has 114 valence electrons. The van der Waals surface area contributed by atoms with E-state index in [0.717, 1.165) is 29.4 Å². The average Bonchev–Trinajstić information content (AvgIpc) is 2.69. The molecule has 0 spiro atoms. The van der Waals surface area contributed by atoms with Gasteiger partial charge in [-0.05, 0) is 50.9 Å². The van der Waals surface area contributed by atoms with E-state index in [2.05, 4.69) is 10.4 Å². The van der Waals surface area contributed by atoms with Crippen LogP contribution in [0.4, 0.5) is 8.78 Å². The normalized spacial score (nSPS) is 12.7. The fourth-order valence-corrected chi connectivity index (χ4v) is 2.61. The Morgan fingerprint density at radius 2 is 1.95 bits per heavy atom. The summed E-state index contributed by atoms with van der Waals surface area (Å²) in [5, 5.41) is 7.57. The van der Waals surface area contributed by atoms with Gasteiger partial charge < -0.3 is 5.32 Å². The highest BCUT2D eigenvalue weighted by atomic mass is 19.2. The lowest BCUT2D eigenvalue weighted by molar-refractivity contribution is 0.481. The summed E-state index contributed by atoms with van der Waals surface area (Å²) in [7, 11) is 3.75. The molecule has 0 saturated carbocycles. The van der Waals surface area contributed by atoms with Crippen molar-refractivity contribution in [3.05, 3.63) is 52.3 Å². The van der Waals surface area contributed by atoms with Gasteiger partial charge in [-0.15, -0.1) is 0 Å². The number of nitrogens with zero attached hydrogens (tertiary/aromatic N) is 2. The third-order valence-electron chi connectivity index (χ3n) is 4.02. The molecule has 0 saturated heterocycles. The van der Waals surface area contributed by atoms with Gasteiger partial charge in [0.15, 0.2) is 11.6 Å². The predicted molar refractivity (Wildman–Crippen MR) is 79.3 cm³/mol. The van der Waals surface area contributed by atoms with Crippen LogP contribution in [0.25, 0.3) is 0 Å². The molecule has 5 heteroatoms. The van der Waals surface area contributed by atoms with Gasteiger partial charge in [0, 0.05) is 18.8 Å². The Bertz CT molecular complexity index is 635. The van der Waals surface area contributed by atoms with E-state index in [0.29, 0.717) is 12.0 Å². The van der Waals surface area contributed by atoms with Gasteiger partial charge in [-0.2, -0.15) is 5.10 Å². The summed E-state index contributed by atoms with van der Waals surface area (Å²) in [6, 6.07) is 4.35. The lowest BCUT2D eigenvalue weighted by Gasteiger charge is -2.17. The minimum atomic E-state index is -0.795. The summed E-state index contributed by atoms with van der Waals surface area (Å²) in [6.07, 6.45) is 1.17. The highest BCUT2D eigenvalue weighted by Crippen LogP contribution is 2.18. The van der Waals surface area contributed by atoms with Crippen molar-refractivity contribution < 1.29 is 8.78 Å². The van der Waals surface area contributed by atoms with Crippen molar-refractivity contribution in [1.29, 1.82) is 0 Å². The average molecular weight is 293 g/mol. The van der Waals surface area contributed by atoms with Crippen LogP contribution in [-0.4, -0.2) is 22.9 Å². The first-order chi connectivity index (χ1) is 9.93. The SMILES string of the molecule is CNC(Cc1cccc(F)c1F)Cc1c(C)nn(C)c1C. The molecule has 0 aliphatic heterocycles. The first kappa shape index (κ1) is 15.6. The fraction of sp³-hybridized carbons (Fsp3) is 0.438. The van der Waals surface area contributed by atoms with Crippen LogP contribution >= 0.6 is 0 Å². The monoisotopic (exact) mass is 293 g/mol. The van der Waals surface area contributed by atoms with Crippen LogP contribution in [0, 0.1) is 25.5 Å². The third kappa shape index (κ3) is 3.29. The highest BCUT2D eigenvalue weighted by Gasteiger charge is 2.17. The number of halogens is 2. The Hall–Kier alpha value is -1.75. The zero-order chi connectivity index (χ0) is 15.6. The number of likely N-dealkylation sites (N-methyl/N-ethyl adjacent to an activating group) is 1. The Kier molecular flexibility index (Phi) is 4.73. The van der Waals surface area contributed by atoms with Crippen LogP contribution < -0.4 is 5.32 Å². The molecule has 1 N–H and O–H groups in total. The molecule has 1 aromatic carbocycles. The summed E-state index contributed by atoms with van der Waals surface area (Å²) in [5.41, 5.74) is 3.64. The van der Waals surface area contributed by atoms with Gasteiger partial charge in [0.1, 0.15) is 0 Å². The summed E-state index contributed by atoms with van der Waals surface area (Å²) in [4.78, 5) is 0. The van der Waals surface area contributed by atoms with E-state index in [1.54, 1.807) is 12.1 Å². The molecule has 2 rings (SSSR count). The molecule has 0 aliphatic carbocycles. The topological polar surface area (TPSA) is 29.9 Å². The second-order valence-corrected chi connectivity index (χ2v) is 5.38. The maximum absolute atomic E-state index is 13.8. The number of rotatable bonds is 5. The van der Waals surface area contributed by atoms with Gasteiger partial charge in [-0.3, -0.25) is 4.68 Å². The third-order valence-corrected chi connectivity index (χ3v) is 4.02. The van der Waals surface area contributed by atoms with E-state index in [9.17, 15) is 8.78 Å². The number of nitrogens with one attached hydrogen (secondary N) is 1. The number of benzene rings is 1. The minimum absolute atomic E-state index is 0.0305. The van der Waals surface area contributed by atoms with Crippen molar-refractivity contribution >= 4 is 0 Å². The van der Waals surface area contributed by atoms with Crippen molar-refractivity contribution in [2.75, 3.05) is 7.05 Å². The maximum atomic E-state index is 13.8. The molecular formula is C16H21F2N3. The van der Waals surface area contributed by atoms with E-state index in [-0.39, 0.29) is 6.04 Å². The molecule has 1 heterocycles. The molecule has 21 heavy (non-hydrogen) atoms. The minimum Gasteiger partial charge on any atom is -0.316 e. The quantitative estimate of drug-likeness (QED) is 0.918. The second-order valence-electron chi connectivity index (χ2n) is 5.38. The van der Waals surface area contributed by atoms with Crippen molar-refractivity contribution in [1.82, 2.24) is 15.1 Å². The standard InChI is InChI=1S/C16H21F2N3/c1-10-14(11(2)21(4)20-10)9-13(19-3)8-12-6-5-7-15(17)16(12)18/h5-7,13,19H,8-9H2,1-4H3. The van der Waals surface area contributed by atoms with Crippen LogP contribution in [-0.2, 0) is 19.9 Å². The van der Waals surface area contributed by atoms with Gasteiger partial charge >= 0.3 is 0 Å². The lowest BCUT2D eigenvalue weighted by atomic mass is 9.97. The molecule has 0 bridgehead atoms. The molecule has 0 amide bonds. The van der Waals surface area contributed by atoms with Gasteiger partial charge in [0.05, 0.1) is 5.69 Å². The molecule has 2 aromatic rings. The second kappa shape index (κ2) is 6.35. The molecule has 1 unspecified atom stereocenters. The Morgan fingerprint density at radius 1 is 1.24 bits per heavy atom. The molecule has 0 fully saturated rings. The fourth-order valence-electron chi connectivity index (χ4n) is 2.61. The number of aromatic nitrogens is 2. The zero-order valence-corrected chi connectivity index (χ0v) is 12.9. The van der Waals surface area contributed by atoms with Crippen LogP contribution in [0.5, 0.6) is 0 Å². The molecule has 1 aromatic heterocycles. The first-order valence-electron chi connectivity index (χ1n) is 7.03. The van der Waals surface area contributed by atoms with E-state index < -0.39 is 11.6 Å². The molecule has 0 radical (unpaired) electrons. The predicted octanol–water partition coefficient (Wildman–Crippen LogP) is 2.69. The Morgan fingerprint density at radius 3 is 2.52 bits per heavy atom. The molecular weight excluding hydrogens is 272 g/mol. The Balaban J connectivity index is 2.19. The summed E-state index contributed by atoms with van der Waals surface area (Å²) in [5.74, 6) is -1.55. The van der Waals surface area contributed by atoms with Gasteiger partial charge in [0.2, 0.25) is 0 Å². The van der Waals surface area contributed by atoms with Crippen LogP contribution in [0.1, 0.15) is 22.5 Å². The van der Waals surface area contributed by atoms with E-state index in [4.69, 9.17) is 0 Å². The van der Waals surface area contributed by atoms with E-state index >= 15 is 0 Å². The lowest BCUT2D eigenvalue weighted by Crippen LogP contribution is -2.30. The van der Waals surface area contributed by atoms with Gasteiger partial charge in [-0.25, -0.2) is 8.78 Å². The summed E-state index contributed by atoms with van der Waals surface area (Å²) < 4.78 is 28.9. The van der Waals surface area contributed by atoms with Crippen molar-refractivity contribution in [2.24, 2.45) is 7.05 Å². The smallest absolute Gasteiger partial charge is 0.162 e. The number of aryl methyl sites for hydroxylation is 2. The summed E-state index contributed by atoms with van der Waals surface area (Å²) in [6.45, 7) is 3.99.